The number of fused-ring (bicyclic) bond motifs is 1. The van der Waals surface area contributed by atoms with Crippen LogP contribution in [-0.4, -0.2) is 5.11 Å². The van der Waals surface area contributed by atoms with Gasteiger partial charge in [0.1, 0.15) is 11.6 Å². The van der Waals surface area contributed by atoms with Gasteiger partial charge in [0.25, 0.3) is 0 Å². The van der Waals surface area contributed by atoms with Gasteiger partial charge in [-0.3, -0.25) is 0 Å². The number of aromatic hydroxyl groups is 1. The van der Waals surface area contributed by atoms with Crippen molar-refractivity contribution < 1.29 is 9.50 Å². The van der Waals surface area contributed by atoms with Crippen LogP contribution in [-0.2, 0) is 0 Å². The first-order valence-corrected chi connectivity index (χ1v) is 7.47. The number of phenols is 1. The van der Waals surface area contributed by atoms with Crippen LogP contribution in [0.15, 0.2) is 60.7 Å². The fourth-order valence-electron chi connectivity index (χ4n) is 1.89. The number of rotatable bonds is 0. The summed E-state index contributed by atoms with van der Waals surface area (Å²) in [6.07, 6.45) is 0. The highest BCUT2D eigenvalue weighted by Crippen LogP contribution is 2.23. The summed E-state index contributed by atoms with van der Waals surface area (Å²) < 4.78 is 12.3. The van der Waals surface area contributed by atoms with Crippen LogP contribution < -0.4 is 0 Å². The van der Waals surface area contributed by atoms with Crippen molar-refractivity contribution in [2.45, 2.75) is 27.7 Å². The van der Waals surface area contributed by atoms with E-state index in [9.17, 15) is 9.50 Å². The van der Waals surface area contributed by atoms with Crippen molar-refractivity contribution in [3.63, 3.8) is 0 Å². The summed E-state index contributed by atoms with van der Waals surface area (Å²) in [5.41, 5.74) is 1.63. The number of aryl methyl sites for hydroxylation is 2. The monoisotopic (exact) mass is 298 g/mol. The lowest BCUT2D eigenvalue weighted by Gasteiger charge is -2.01. The summed E-state index contributed by atoms with van der Waals surface area (Å²) in [6, 6.07) is 18.5. The van der Waals surface area contributed by atoms with Gasteiger partial charge < -0.3 is 5.11 Å². The van der Waals surface area contributed by atoms with Crippen LogP contribution in [0.2, 0.25) is 0 Å². The van der Waals surface area contributed by atoms with Crippen molar-refractivity contribution in [1.29, 1.82) is 0 Å². The van der Waals surface area contributed by atoms with Crippen LogP contribution >= 0.6 is 0 Å². The molecule has 0 saturated carbocycles. The lowest BCUT2D eigenvalue weighted by Crippen LogP contribution is -1.76. The highest BCUT2D eigenvalue weighted by molar-refractivity contribution is 5.84. The average Bonchev–Trinajstić information content (AvgIpc) is 2.54. The fourth-order valence-corrected chi connectivity index (χ4v) is 1.89. The highest BCUT2D eigenvalue weighted by atomic mass is 19.1. The van der Waals surface area contributed by atoms with Crippen molar-refractivity contribution in [3.05, 3.63) is 77.6 Å². The van der Waals surface area contributed by atoms with Gasteiger partial charge in [0, 0.05) is 0 Å². The van der Waals surface area contributed by atoms with E-state index in [1.807, 2.05) is 57.2 Å². The Bertz CT molecular complexity index is 658. The molecule has 0 saturated heterocycles. The second-order valence-corrected chi connectivity index (χ2v) is 4.74. The van der Waals surface area contributed by atoms with Crippen LogP contribution in [0, 0.1) is 19.7 Å². The van der Waals surface area contributed by atoms with Crippen molar-refractivity contribution in [1.82, 2.24) is 0 Å². The number of hydrogen-bond donors (Lipinski definition) is 1. The zero-order chi connectivity index (χ0) is 16.5. The van der Waals surface area contributed by atoms with E-state index in [1.54, 1.807) is 25.1 Å². The summed E-state index contributed by atoms with van der Waals surface area (Å²) in [7, 11) is 0. The molecule has 0 atom stereocenters. The normalized spacial score (nSPS) is 9.32. The molecule has 3 aromatic rings. The average molecular weight is 298 g/mol. The first-order chi connectivity index (χ1) is 10.6. The molecule has 0 radical (unpaired) electrons. The first kappa shape index (κ1) is 17.7. The van der Waals surface area contributed by atoms with E-state index in [-0.39, 0.29) is 5.82 Å². The van der Waals surface area contributed by atoms with E-state index in [0.29, 0.717) is 11.3 Å². The first-order valence-electron chi connectivity index (χ1n) is 7.47. The predicted octanol–water partition coefficient (Wildman–Crippen LogP) is 6.01. The molecule has 0 heterocycles. The molecule has 0 aliphatic heterocycles. The van der Waals surface area contributed by atoms with Crippen LogP contribution in [0.3, 0.4) is 0 Å². The van der Waals surface area contributed by atoms with Crippen LogP contribution in [0.4, 0.5) is 4.39 Å². The van der Waals surface area contributed by atoms with Gasteiger partial charge in [0.15, 0.2) is 0 Å². The van der Waals surface area contributed by atoms with E-state index in [0.717, 1.165) is 10.9 Å². The molecular weight excluding hydrogens is 275 g/mol. The third kappa shape index (κ3) is 4.88. The summed E-state index contributed by atoms with van der Waals surface area (Å²) >= 11 is 0. The number of phenolic OH excluding ortho intramolecular Hbond substituents is 1. The zero-order valence-corrected chi connectivity index (χ0v) is 13.6. The maximum Gasteiger partial charge on any atom is 0.126 e. The summed E-state index contributed by atoms with van der Waals surface area (Å²) in [5.74, 6) is 0.237. The van der Waals surface area contributed by atoms with E-state index in [2.05, 4.69) is 0 Å². The maximum atomic E-state index is 12.3. The van der Waals surface area contributed by atoms with E-state index >= 15 is 0 Å². The molecule has 22 heavy (non-hydrogen) atoms. The van der Waals surface area contributed by atoms with Gasteiger partial charge in [-0.15, -0.1) is 0 Å². The molecule has 3 aromatic carbocycles. The third-order valence-electron chi connectivity index (χ3n) is 3.14. The SMILES string of the molecule is CC.Cc1cc2ccccc2cc1O.Cc1ccccc1F. The van der Waals surface area contributed by atoms with Gasteiger partial charge in [0.2, 0.25) is 0 Å². The standard InChI is InChI=1S/C11H10O.C7H7F.C2H6/c1-8-6-9-4-2-3-5-10(9)7-11(8)12;1-6-4-2-3-5-7(6)8;1-2/h2-7,12H,1H3;2-5H,1H3;1-2H3. The van der Waals surface area contributed by atoms with Crippen LogP contribution in [0.5, 0.6) is 5.75 Å². The summed E-state index contributed by atoms with van der Waals surface area (Å²) in [5, 5.41) is 11.7. The minimum Gasteiger partial charge on any atom is -0.508 e. The number of halogens is 1. The van der Waals surface area contributed by atoms with Crippen molar-refractivity contribution in [2.24, 2.45) is 0 Å². The Labute approximate surface area is 132 Å². The fraction of sp³-hybridized carbons (Fsp3) is 0.200. The Kier molecular flexibility index (Phi) is 7.11. The Morgan fingerprint density at radius 2 is 1.23 bits per heavy atom. The zero-order valence-electron chi connectivity index (χ0n) is 13.6. The molecule has 1 N–H and O–H groups in total. The van der Waals surface area contributed by atoms with Crippen molar-refractivity contribution in [3.8, 4) is 5.75 Å². The molecule has 0 spiro atoms. The van der Waals surface area contributed by atoms with Gasteiger partial charge in [-0.05, 0) is 53.9 Å². The van der Waals surface area contributed by atoms with Crippen molar-refractivity contribution >= 4 is 10.8 Å². The quantitative estimate of drug-likeness (QED) is 0.538. The molecule has 0 aliphatic rings. The Balaban J connectivity index is 0.000000211. The van der Waals surface area contributed by atoms with Crippen LogP contribution in [0.1, 0.15) is 25.0 Å². The molecule has 0 amide bonds. The minimum absolute atomic E-state index is 0.132. The van der Waals surface area contributed by atoms with E-state index in [1.165, 1.54) is 11.5 Å². The predicted molar refractivity (Wildman–Crippen MR) is 92.8 cm³/mol. The van der Waals surface area contributed by atoms with Gasteiger partial charge in [-0.2, -0.15) is 0 Å². The Hall–Kier alpha value is -2.35. The lowest BCUT2D eigenvalue weighted by molar-refractivity contribution is 0.472. The highest BCUT2D eigenvalue weighted by Gasteiger charge is 1.97. The minimum atomic E-state index is -0.132. The topological polar surface area (TPSA) is 20.2 Å². The lowest BCUT2D eigenvalue weighted by atomic mass is 10.1. The summed E-state index contributed by atoms with van der Waals surface area (Å²) in [6.45, 7) is 7.65. The number of benzene rings is 3. The molecule has 2 heteroatoms. The van der Waals surface area contributed by atoms with Crippen molar-refractivity contribution in [2.75, 3.05) is 0 Å². The second-order valence-electron chi connectivity index (χ2n) is 4.74. The van der Waals surface area contributed by atoms with E-state index in [4.69, 9.17) is 0 Å². The molecule has 116 valence electrons. The Morgan fingerprint density at radius 1 is 0.727 bits per heavy atom. The van der Waals surface area contributed by atoms with E-state index < -0.39 is 0 Å². The second kappa shape index (κ2) is 8.83. The smallest absolute Gasteiger partial charge is 0.126 e. The molecule has 0 aliphatic carbocycles. The molecule has 0 bridgehead atoms. The molecule has 0 fully saturated rings. The molecular formula is C20H23FO. The molecule has 1 nitrogen and oxygen atoms in total. The molecule has 3 rings (SSSR count). The third-order valence-corrected chi connectivity index (χ3v) is 3.14. The van der Waals surface area contributed by atoms with Gasteiger partial charge in [-0.25, -0.2) is 4.39 Å². The maximum absolute atomic E-state index is 12.3. The van der Waals surface area contributed by atoms with Gasteiger partial charge in [-0.1, -0.05) is 56.3 Å². The Morgan fingerprint density at radius 3 is 1.73 bits per heavy atom. The molecule has 0 aromatic heterocycles. The summed E-state index contributed by atoms with van der Waals surface area (Å²) in [4.78, 5) is 0. The largest absolute Gasteiger partial charge is 0.508 e. The van der Waals surface area contributed by atoms with Gasteiger partial charge in [0.05, 0.1) is 0 Å². The van der Waals surface area contributed by atoms with Crippen LogP contribution in [0.25, 0.3) is 10.8 Å². The number of hydrogen-bond acceptors (Lipinski definition) is 1. The van der Waals surface area contributed by atoms with Gasteiger partial charge >= 0.3 is 0 Å². The molecule has 0 unspecified atom stereocenters.